The molecule has 13 heteroatoms. The fourth-order valence-corrected chi connectivity index (χ4v) is 8.22. The Morgan fingerprint density at radius 3 is 2.35 bits per heavy atom. The fourth-order valence-electron chi connectivity index (χ4n) is 8.22. The lowest BCUT2D eigenvalue weighted by Gasteiger charge is -2.41. The average Bonchev–Trinajstić information content (AvgIpc) is 3.27. The first kappa shape index (κ1) is 35.3. The number of fused-ring (bicyclic) bond motifs is 2. The highest BCUT2D eigenvalue weighted by molar-refractivity contribution is 6.12. The van der Waals surface area contributed by atoms with Crippen molar-refractivity contribution in [1.82, 2.24) is 0 Å². The van der Waals surface area contributed by atoms with Crippen LogP contribution in [0.4, 0.5) is 0 Å². The molecule has 2 fully saturated rings. The van der Waals surface area contributed by atoms with Crippen LogP contribution in [-0.4, -0.2) is 111 Å². The Morgan fingerprint density at radius 1 is 0.980 bits per heavy atom. The molecule has 2 unspecified atom stereocenters. The minimum Gasteiger partial charge on any atom is -0.453 e. The van der Waals surface area contributed by atoms with E-state index in [0.29, 0.717) is 52.7 Å². The summed E-state index contributed by atoms with van der Waals surface area (Å²) in [5.41, 5.74) is -0.346. The van der Waals surface area contributed by atoms with Gasteiger partial charge in [-0.05, 0) is 92.2 Å². The van der Waals surface area contributed by atoms with Crippen LogP contribution in [0.3, 0.4) is 0 Å². The second-order valence-electron chi connectivity index (χ2n) is 13.9. The lowest BCUT2D eigenvalue weighted by Crippen LogP contribution is -2.60. The Hall–Kier alpha value is -3.56. The Kier molecular flexibility index (Phi) is 9.33. The zero-order valence-electron chi connectivity index (χ0n) is 27.5. The second kappa shape index (κ2) is 13.0. The van der Waals surface area contributed by atoms with Crippen LogP contribution in [0.25, 0.3) is 0 Å². The first-order valence-electron chi connectivity index (χ1n) is 16.5. The summed E-state index contributed by atoms with van der Waals surface area (Å²) >= 11 is 0. The Morgan fingerprint density at radius 2 is 1.65 bits per heavy atom. The number of hydrogen-bond donors (Lipinski definition) is 5. The van der Waals surface area contributed by atoms with Gasteiger partial charge in [0.2, 0.25) is 0 Å². The zero-order chi connectivity index (χ0) is 35.6. The third kappa shape index (κ3) is 5.71. The molecule has 2 heterocycles. The number of esters is 2. The van der Waals surface area contributed by atoms with E-state index in [-0.39, 0.29) is 48.7 Å². The van der Waals surface area contributed by atoms with Crippen molar-refractivity contribution in [2.75, 3.05) is 19.8 Å². The predicted octanol–water partition coefficient (Wildman–Crippen LogP) is 0.737. The van der Waals surface area contributed by atoms with Crippen LogP contribution < -0.4 is 0 Å². The van der Waals surface area contributed by atoms with Crippen molar-refractivity contribution < 1.29 is 63.7 Å². The summed E-state index contributed by atoms with van der Waals surface area (Å²) in [7, 11) is 0. The Bertz CT molecular complexity index is 1640. The van der Waals surface area contributed by atoms with Gasteiger partial charge in [-0.15, -0.1) is 0 Å². The Labute approximate surface area is 282 Å². The van der Waals surface area contributed by atoms with E-state index in [1.807, 2.05) is 0 Å². The number of aliphatic hydroxyl groups excluding tert-OH is 4. The highest BCUT2D eigenvalue weighted by Crippen LogP contribution is 2.51. The normalized spacial score (nSPS) is 37.6. The smallest absolute Gasteiger partial charge is 0.334 e. The summed E-state index contributed by atoms with van der Waals surface area (Å²) < 4.78 is 23.0. The van der Waals surface area contributed by atoms with Crippen LogP contribution in [0, 0.1) is 11.8 Å². The third-order valence-corrected chi connectivity index (χ3v) is 11.1. The van der Waals surface area contributed by atoms with Gasteiger partial charge in [0.15, 0.2) is 29.6 Å². The zero-order valence-corrected chi connectivity index (χ0v) is 27.5. The molecule has 0 saturated carbocycles. The number of allylic oxidation sites excluding steroid dienone is 2. The number of aliphatic hydroxyl groups is 5. The van der Waals surface area contributed by atoms with E-state index < -0.39 is 78.8 Å². The highest BCUT2D eigenvalue weighted by Gasteiger charge is 2.55. The molecule has 1 spiro atoms. The second-order valence-corrected chi connectivity index (χ2v) is 13.9. The van der Waals surface area contributed by atoms with Crippen LogP contribution in [0.15, 0.2) is 69.9 Å². The van der Waals surface area contributed by atoms with Crippen LogP contribution in [-0.2, 0) is 38.1 Å². The molecule has 5 N–H and O–H groups in total. The summed E-state index contributed by atoms with van der Waals surface area (Å²) in [4.78, 5) is 51.8. The molecule has 264 valence electrons. The molecule has 0 aromatic heterocycles. The van der Waals surface area contributed by atoms with Crippen molar-refractivity contribution in [3.8, 4) is 0 Å². The molecule has 4 aliphatic carbocycles. The number of rotatable bonds is 8. The van der Waals surface area contributed by atoms with Gasteiger partial charge in [-0.3, -0.25) is 9.59 Å². The maximum atomic E-state index is 13.4. The molecule has 49 heavy (non-hydrogen) atoms. The quantitative estimate of drug-likeness (QED) is 0.177. The van der Waals surface area contributed by atoms with E-state index in [2.05, 4.69) is 13.2 Å². The molecule has 2 bridgehead atoms. The van der Waals surface area contributed by atoms with Gasteiger partial charge in [0.25, 0.3) is 0 Å². The lowest BCUT2D eigenvalue weighted by molar-refractivity contribution is -0.301. The summed E-state index contributed by atoms with van der Waals surface area (Å²) in [5, 5.41) is 53.7. The first-order chi connectivity index (χ1) is 23.2. The highest BCUT2D eigenvalue weighted by atomic mass is 16.7. The molecule has 0 radical (unpaired) electrons. The van der Waals surface area contributed by atoms with Crippen LogP contribution in [0.5, 0.6) is 0 Å². The summed E-state index contributed by atoms with van der Waals surface area (Å²) in [6.45, 7) is 9.69. The van der Waals surface area contributed by atoms with Gasteiger partial charge in [0.05, 0.1) is 19.8 Å². The minimum atomic E-state index is -1.77. The number of carbonyl (C=O) groups is 4. The van der Waals surface area contributed by atoms with Gasteiger partial charge >= 0.3 is 11.9 Å². The first-order valence-corrected chi connectivity index (χ1v) is 16.5. The molecule has 2 aliphatic heterocycles. The van der Waals surface area contributed by atoms with Crippen LogP contribution in [0.1, 0.15) is 52.4 Å². The van der Waals surface area contributed by atoms with Crippen molar-refractivity contribution in [3.05, 3.63) is 69.9 Å². The molecule has 2 saturated heterocycles. The van der Waals surface area contributed by atoms with Gasteiger partial charge in [-0.2, -0.15) is 0 Å². The van der Waals surface area contributed by atoms with E-state index in [9.17, 15) is 44.7 Å². The third-order valence-electron chi connectivity index (χ3n) is 11.1. The topological polar surface area (TPSA) is 206 Å². The number of carbonyl (C=O) groups excluding carboxylic acids is 4. The fraction of sp³-hybridized carbons (Fsp3) is 0.556. The lowest BCUT2D eigenvalue weighted by atomic mass is 9.78. The predicted molar refractivity (Wildman–Crippen MR) is 169 cm³/mol. The number of hydrogen-bond acceptors (Lipinski definition) is 13. The molecule has 0 amide bonds. The van der Waals surface area contributed by atoms with Gasteiger partial charge in [0.1, 0.15) is 23.9 Å². The standard InChI is InChI=1S/C36H42O13/c1-16-9-24(39)27-22(13-37)7-5-20(11-35(16,27)45)18(3)32(43)48-31-26(14-38)47-34(30(42)29(31)41)46-15-23-8-6-21-12-36(49-33(44)19(21)4)17(2)10-25(40)28(23)36/h9-10,20-21,26,29-31,34,37-38,41-42,45H,3-8,11-15H2,1-2H3/t20-,21?,26-,29-,30-,31-,34-,35+,36?/m1/s1. The van der Waals surface area contributed by atoms with Gasteiger partial charge in [-0.1, -0.05) is 13.2 Å². The molecule has 0 aromatic rings. The minimum absolute atomic E-state index is 0.0645. The maximum absolute atomic E-state index is 13.4. The van der Waals surface area contributed by atoms with E-state index in [1.165, 1.54) is 12.2 Å². The number of ether oxygens (including phenoxy) is 4. The van der Waals surface area contributed by atoms with E-state index in [0.717, 1.165) is 0 Å². The van der Waals surface area contributed by atoms with Gasteiger partial charge in [-0.25, -0.2) is 9.59 Å². The van der Waals surface area contributed by atoms with Crippen molar-refractivity contribution in [2.24, 2.45) is 11.8 Å². The summed E-state index contributed by atoms with van der Waals surface area (Å²) in [5.74, 6) is -3.12. The summed E-state index contributed by atoms with van der Waals surface area (Å²) in [6.07, 6.45) is -3.43. The van der Waals surface area contributed by atoms with E-state index in [4.69, 9.17) is 18.9 Å². The van der Waals surface area contributed by atoms with E-state index in [1.54, 1.807) is 13.8 Å². The van der Waals surface area contributed by atoms with Crippen molar-refractivity contribution >= 4 is 23.5 Å². The summed E-state index contributed by atoms with van der Waals surface area (Å²) in [6, 6.07) is 0. The average molecular weight is 683 g/mol. The molecular formula is C36H42O13. The monoisotopic (exact) mass is 682 g/mol. The largest absolute Gasteiger partial charge is 0.453 e. The Balaban J connectivity index is 1.14. The molecular weight excluding hydrogens is 640 g/mol. The maximum Gasteiger partial charge on any atom is 0.334 e. The van der Waals surface area contributed by atoms with E-state index >= 15 is 0 Å². The number of ketones is 2. The van der Waals surface area contributed by atoms with Crippen molar-refractivity contribution in [1.29, 1.82) is 0 Å². The van der Waals surface area contributed by atoms with Crippen molar-refractivity contribution in [3.63, 3.8) is 0 Å². The molecule has 6 rings (SSSR count). The van der Waals surface area contributed by atoms with Crippen molar-refractivity contribution in [2.45, 2.75) is 94.3 Å². The molecule has 13 nitrogen and oxygen atoms in total. The van der Waals surface area contributed by atoms with Crippen LogP contribution in [0.2, 0.25) is 0 Å². The molecule has 0 aromatic carbocycles. The van der Waals surface area contributed by atoms with Gasteiger partial charge in [0, 0.05) is 28.7 Å². The van der Waals surface area contributed by atoms with Gasteiger partial charge < -0.3 is 44.5 Å². The molecule has 9 atom stereocenters. The SMILES string of the molecule is C=C1C(=O)OC23CC1CCC(CO[C@@H]1O[C@H](CO)[C@@H](OC(=O)C(=C)[C@@H]4CCC(CO)=C5C(=O)C=C(C)[C@@]5(O)C4)[C@H](O)[C@H]1O)=C2C(=O)C=C3C. The molecule has 6 aliphatic rings. The van der Waals surface area contributed by atoms with Crippen LogP contribution >= 0.6 is 0 Å².